The molecule has 0 bridgehead atoms. The van der Waals surface area contributed by atoms with Crippen LogP contribution >= 0.6 is 0 Å². The number of rotatable bonds is 6. The highest BCUT2D eigenvalue weighted by atomic mass is 19.1. The van der Waals surface area contributed by atoms with Crippen molar-refractivity contribution in [2.45, 2.75) is 18.9 Å². The normalized spacial score (nSPS) is 16.8. The Morgan fingerprint density at radius 1 is 1.24 bits per heavy atom. The van der Waals surface area contributed by atoms with Gasteiger partial charge in [0.25, 0.3) is 5.91 Å². The highest BCUT2D eigenvalue weighted by molar-refractivity contribution is 6.03. The van der Waals surface area contributed by atoms with E-state index in [1.165, 1.54) is 29.8 Å². The van der Waals surface area contributed by atoms with Crippen molar-refractivity contribution in [3.8, 4) is 0 Å². The lowest BCUT2D eigenvalue weighted by Crippen LogP contribution is -2.51. The average molecular weight is 395 g/mol. The van der Waals surface area contributed by atoms with Crippen molar-refractivity contribution >= 4 is 28.3 Å². The van der Waals surface area contributed by atoms with Crippen LogP contribution in [0.3, 0.4) is 0 Å². The first-order valence-electron chi connectivity index (χ1n) is 9.80. The van der Waals surface area contributed by atoms with Gasteiger partial charge in [-0.25, -0.2) is 14.4 Å². The molecule has 29 heavy (non-hydrogen) atoms. The highest BCUT2D eigenvalue weighted by Crippen LogP contribution is 2.25. The van der Waals surface area contributed by atoms with Gasteiger partial charge in [0.15, 0.2) is 5.82 Å². The van der Waals surface area contributed by atoms with Gasteiger partial charge in [-0.05, 0) is 25.0 Å². The first kappa shape index (κ1) is 18.0. The third-order valence-corrected chi connectivity index (χ3v) is 5.36. The number of carbonyl (C=O) groups excluding carboxylic acids is 1. The summed E-state index contributed by atoms with van der Waals surface area (Å²) in [5.74, 6) is 0.495. The molecule has 150 valence electrons. The summed E-state index contributed by atoms with van der Waals surface area (Å²) in [6, 6.07) is 3.67. The van der Waals surface area contributed by atoms with Gasteiger partial charge in [-0.3, -0.25) is 9.48 Å². The van der Waals surface area contributed by atoms with Crippen LogP contribution in [0.1, 0.15) is 23.3 Å². The molecular formula is C20H22FN7O. The predicted molar refractivity (Wildman–Crippen MR) is 107 cm³/mol. The number of aromatic nitrogens is 4. The molecule has 1 saturated heterocycles. The molecule has 1 aromatic carbocycles. The number of hydrogen-bond donors (Lipinski definition) is 2. The van der Waals surface area contributed by atoms with Crippen molar-refractivity contribution < 1.29 is 9.18 Å². The monoisotopic (exact) mass is 395 g/mol. The van der Waals surface area contributed by atoms with E-state index < -0.39 is 11.7 Å². The van der Waals surface area contributed by atoms with E-state index in [0.717, 1.165) is 31.5 Å². The molecule has 9 heteroatoms. The fraction of sp³-hybridized carbons (Fsp3) is 0.400. The molecule has 3 heterocycles. The topological polar surface area (TPSA) is 88.0 Å². The maximum Gasteiger partial charge on any atom is 0.275 e. The van der Waals surface area contributed by atoms with Gasteiger partial charge in [-0.15, -0.1) is 0 Å². The molecule has 0 radical (unpaired) electrons. The third kappa shape index (κ3) is 3.77. The minimum atomic E-state index is -0.483. The van der Waals surface area contributed by atoms with E-state index in [2.05, 4.69) is 30.6 Å². The third-order valence-electron chi connectivity index (χ3n) is 5.36. The van der Waals surface area contributed by atoms with Crippen LogP contribution in [-0.4, -0.2) is 51.3 Å². The quantitative estimate of drug-likeness (QED) is 0.663. The van der Waals surface area contributed by atoms with Crippen LogP contribution in [0, 0.1) is 11.7 Å². The van der Waals surface area contributed by atoms with Gasteiger partial charge in [0.1, 0.15) is 17.0 Å². The Hall–Kier alpha value is -3.07. The summed E-state index contributed by atoms with van der Waals surface area (Å²) in [5, 5.41) is 10.9. The summed E-state index contributed by atoms with van der Waals surface area (Å²) in [7, 11) is 1.72. The molecule has 1 saturated carbocycles. The second-order valence-electron chi connectivity index (χ2n) is 7.87. The number of halogens is 1. The highest BCUT2D eigenvalue weighted by Gasteiger charge is 2.30. The smallest absolute Gasteiger partial charge is 0.275 e. The maximum atomic E-state index is 14.2. The largest absolute Gasteiger partial charge is 0.355 e. The lowest BCUT2D eigenvalue weighted by molar-refractivity contribution is 0.102. The van der Waals surface area contributed by atoms with E-state index in [1.807, 2.05) is 0 Å². The first-order valence-corrected chi connectivity index (χ1v) is 9.80. The van der Waals surface area contributed by atoms with Crippen LogP contribution in [0.15, 0.2) is 30.7 Å². The molecule has 3 aromatic rings. The minimum absolute atomic E-state index is 0.188. The standard InChI is InChI=1S/C20H22FN7O/c1-27-11-13-4-15(5-16(21)19(13)26-27)25-20(29)17-7-24-18(8-23-17)28-9-12(10-28)6-22-14-2-3-14/h4-5,7-8,11-12,14,22H,2-3,6,9-10H2,1H3,(H,25,29). The Morgan fingerprint density at radius 2 is 2.07 bits per heavy atom. The molecule has 2 aliphatic rings. The molecule has 8 nitrogen and oxygen atoms in total. The fourth-order valence-corrected chi connectivity index (χ4v) is 3.59. The van der Waals surface area contributed by atoms with Crippen molar-refractivity contribution in [3.05, 3.63) is 42.2 Å². The number of fused-ring (bicyclic) bond motifs is 1. The zero-order valence-electron chi connectivity index (χ0n) is 16.1. The summed E-state index contributed by atoms with van der Waals surface area (Å²) in [5.41, 5.74) is 0.815. The first-order chi connectivity index (χ1) is 14.0. The zero-order valence-corrected chi connectivity index (χ0v) is 16.1. The van der Waals surface area contributed by atoms with Crippen LogP contribution in [0.25, 0.3) is 10.9 Å². The Bertz CT molecular complexity index is 1050. The number of benzene rings is 1. The number of anilines is 2. The fourth-order valence-electron chi connectivity index (χ4n) is 3.59. The van der Waals surface area contributed by atoms with E-state index in [9.17, 15) is 9.18 Å². The van der Waals surface area contributed by atoms with Gasteiger partial charge in [0.05, 0.1) is 12.4 Å². The lowest BCUT2D eigenvalue weighted by atomic mass is 10.0. The van der Waals surface area contributed by atoms with Gasteiger partial charge < -0.3 is 15.5 Å². The molecule has 2 fully saturated rings. The van der Waals surface area contributed by atoms with Crippen LogP contribution < -0.4 is 15.5 Å². The minimum Gasteiger partial charge on any atom is -0.355 e. The molecule has 2 aromatic heterocycles. The molecule has 0 unspecified atom stereocenters. The Balaban J connectivity index is 1.20. The van der Waals surface area contributed by atoms with E-state index in [-0.39, 0.29) is 11.2 Å². The summed E-state index contributed by atoms with van der Waals surface area (Å²) in [6.07, 6.45) is 7.37. The van der Waals surface area contributed by atoms with Gasteiger partial charge in [0, 0.05) is 55.9 Å². The predicted octanol–water partition coefficient (Wildman–Crippen LogP) is 1.94. The molecule has 1 amide bonds. The van der Waals surface area contributed by atoms with Crippen LogP contribution in [0.2, 0.25) is 0 Å². The number of aryl methyl sites for hydroxylation is 1. The van der Waals surface area contributed by atoms with E-state index >= 15 is 0 Å². The number of amides is 1. The Kier molecular flexibility index (Phi) is 4.39. The van der Waals surface area contributed by atoms with E-state index in [1.54, 1.807) is 25.5 Å². The number of carbonyl (C=O) groups is 1. The summed E-state index contributed by atoms with van der Waals surface area (Å²) >= 11 is 0. The van der Waals surface area contributed by atoms with Gasteiger partial charge in [0.2, 0.25) is 0 Å². The van der Waals surface area contributed by atoms with Gasteiger partial charge in [-0.1, -0.05) is 0 Å². The van der Waals surface area contributed by atoms with Crippen molar-refractivity contribution in [2.75, 3.05) is 29.9 Å². The molecule has 1 aliphatic carbocycles. The van der Waals surface area contributed by atoms with Gasteiger partial charge >= 0.3 is 0 Å². The molecular weight excluding hydrogens is 373 g/mol. The van der Waals surface area contributed by atoms with Crippen molar-refractivity contribution in [3.63, 3.8) is 0 Å². The SMILES string of the molecule is Cn1cc2cc(NC(=O)c3cnc(N4CC(CNC5CC5)C4)cn3)cc(F)c2n1. The van der Waals surface area contributed by atoms with Crippen LogP contribution in [-0.2, 0) is 7.05 Å². The molecule has 0 atom stereocenters. The summed E-state index contributed by atoms with van der Waals surface area (Å²) < 4.78 is 15.7. The van der Waals surface area contributed by atoms with Crippen LogP contribution in [0.5, 0.6) is 0 Å². The van der Waals surface area contributed by atoms with E-state index in [4.69, 9.17) is 0 Å². The Morgan fingerprint density at radius 3 is 2.79 bits per heavy atom. The molecule has 1 aliphatic heterocycles. The van der Waals surface area contributed by atoms with Crippen molar-refractivity contribution in [2.24, 2.45) is 13.0 Å². The second-order valence-corrected chi connectivity index (χ2v) is 7.87. The molecule has 0 spiro atoms. The number of nitrogens with zero attached hydrogens (tertiary/aromatic N) is 5. The summed E-state index contributed by atoms with van der Waals surface area (Å²) in [4.78, 5) is 23.2. The Labute approximate surface area is 167 Å². The molecule has 2 N–H and O–H groups in total. The van der Waals surface area contributed by atoms with Crippen molar-refractivity contribution in [1.82, 2.24) is 25.1 Å². The van der Waals surface area contributed by atoms with Gasteiger partial charge in [-0.2, -0.15) is 5.10 Å². The van der Waals surface area contributed by atoms with Crippen LogP contribution in [0.4, 0.5) is 15.9 Å². The van der Waals surface area contributed by atoms with E-state index in [0.29, 0.717) is 17.0 Å². The molecule has 5 rings (SSSR count). The number of nitrogens with one attached hydrogen (secondary N) is 2. The van der Waals surface area contributed by atoms with Crippen molar-refractivity contribution in [1.29, 1.82) is 0 Å². The number of hydrogen-bond acceptors (Lipinski definition) is 6. The summed E-state index contributed by atoms with van der Waals surface area (Å²) in [6.45, 7) is 2.95. The lowest BCUT2D eigenvalue weighted by Gasteiger charge is -2.40. The average Bonchev–Trinajstić information content (AvgIpc) is 3.41. The zero-order chi connectivity index (χ0) is 20.0. The maximum absolute atomic E-state index is 14.2. The second kappa shape index (κ2) is 7.07.